The van der Waals surface area contributed by atoms with E-state index in [0.717, 1.165) is 4.57 Å². The number of rotatable bonds is 6. The second-order valence-corrected chi connectivity index (χ2v) is 6.82. The van der Waals surface area contributed by atoms with Gasteiger partial charge in [0.2, 0.25) is 0 Å². The zero-order valence-electron chi connectivity index (χ0n) is 15.5. The summed E-state index contributed by atoms with van der Waals surface area (Å²) in [5, 5.41) is 8.84. The lowest BCUT2D eigenvalue weighted by atomic mass is 10.1. The van der Waals surface area contributed by atoms with E-state index in [1.807, 2.05) is 0 Å². The minimum absolute atomic E-state index is 0.110. The second-order valence-electron chi connectivity index (χ2n) is 6.82. The van der Waals surface area contributed by atoms with Gasteiger partial charge in [-0.1, -0.05) is 13.8 Å². The van der Waals surface area contributed by atoms with Gasteiger partial charge in [0.15, 0.2) is 24.3 Å². The van der Waals surface area contributed by atoms with E-state index in [4.69, 9.17) is 29.9 Å². The number of esters is 3. The van der Waals surface area contributed by atoms with Gasteiger partial charge in [-0.25, -0.2) is 14.4 Å². The molecule has 0 unspecified atom stereocenters. The number of hydrogen-bond donors (Lipinski definition) is 3. The molecule has 3 rings (SSSR count). The number of nitrogens with one attached hydrogen (secondary N) is 1. The van der Waals surface area contributed by atoms with Gasteiger partial charge in [0, 0.05) is 6.20 Å². The Morgan fingerprint density at radius 1 is 1.31 bits per heavy atom. The number of anilines is 1. The number of nitrogens with two attached hydrogens (primary N) is 1. The molecule has 1 aromatic heterocycles. The topological polar surface area (TPSA) is 181 Å². The molecule has 0 spiro atoms. The summed E-state index contributed by atoms with van der Waals surface area (Å²) in [5.74, 6) is -3.42. The number of nitrogens with zero attached hydrogens (tertiary/aromatic N) is 2. The van der Waals surface area contributed by atoms with Gasteiger partial charge in [-0.15, -0.1) is 0 Å². The summed E-state index contributed by atoms with van der Waals surface area (Å²) in [6.07, 6.45) is -3.27. The fraction of sp³-hybridized carbons (Fsp3) is 0.562. The average Bonchev–Trinajstić information content (AvgIpc) is 3.02. The van der Waals surface area contributed by atoms with Crippen molar-refractivity contribution in [1.82, 2.24) is 9.55 Å². The molecule has 2 aliphatic heterocycles. The van der Waals surface area contributed by atoms with Crippen molar-refractivity contribution in [3.05, 3.63) is 22.7 Å². The minimum Gasteiger partial charge on any atom is -0.462 e. The number of fused-ring (bicyclic) bond motifs is 1. The first-order valence-electron chi connectivity index (χ1n) is 8.71. The Bertz CT molecular complexity index is 870. The summed E-state index contributed by atoms with van der Waals surface area (Å²) < 4.78 is 22.0. The number of carbonyl (C=O) groups is 3. The Morgan fingerprint density at radius 3 is 2.55 bits per heavy atom. The Balaban J connectivity index is 1.82. The van der Waals surface area contributed by atoms with Crippen LogP contribution in [0.2, 0.25) is 0 Å². The molecule has 0 aromatic carbocycles. The largest absolute Gasteiger partial charge is 0.462 e. The third kappa shape index (κ3) is 4.06. The summed E-state index contributed by atoms with van der Waals surface area (Å²) in [6.45, 7) is 3.15. The van der Waals surface area contributed by atoms with Gasteiger partial charge in [0.25, 0.3) is 0 Å². The van der Waals surface area contributed by atoms with E-state index >= 15 is 0 Å². The molecule has 29 heavy (non-hydrogen) atoms. The fourth-order valence-corrected chi connectivity index (χ4v) is 2.88. The van der Waals surface area contributed by atoms with Crippen LogP contribution in [0.15, 0.2) is 17.1 Å². The van der Waals surface area contributed by atoms with E-state index < -0.39 is 54.2 Å². The van der Waals surface area contributed by atoms with Crippen LogP contribution in [0.1, 0.15) is 20.1 Å². The second kappa shape index (κ2) is 8.14. The van der Waals surface area contributed by atoms with E-state index in [1.165, 1.54) is 12.3 Å². The first kappa shape index (κ1) is 20.7. The highest BCUT2D eigenvalue weighted by Gasteiger charge is 2.55. The van der Waals surface area contributed by atoms with Crippen molar-refractivity contribution in [2.45, 2.75) is 44.4 Å². The molecule has 0 amide bonds. The van der Waals surface area contributed by atoms with Crippen LogP contribution in [0, 0.1) is 5.92 Å². The quantitative estimate of drug-likeness (QED) is 0.209. The molecule has 2 fully saturated rings. The molecule has 13 nitrogen and oxygen atoms in total. The van der Waals surface area contributed by atoms with E-state index in [1.54, 1.807) is 19.3 Å². The molecule has 3 heterocycles. The van der Waals surface area contributed by atoms with Gasteiger partial charge >= 0.3 is 23.6 Å². The highest BCUT2D eigenvalue weighted by molar-refractivity contribution is 6.30. The van der Waals surface area contributed by atoms with E-state index in [0.29, 0.717) is 0 Å². The summed E-state index contributed by atoms with van der Waals surface area (Å²) in [4.78, 5) is 51.0. The first-order valence-corrected chi connectivity index (χ1v) is 8.71. The fourth-order valence-electron chi connectivity index (χ4n) is 2.88. The summed E-state index contributed by atoms with van der Waals surface area (Å²) in [7, 11) is 0. The molecule has 0 bridgehead atoms. The molecule has 0 aliphatic carbocycles. The molecular formula is C16H20N4O9. The van der Waals surface area contributed by atoms with Gasteiger partial charge in [0.05, 0.1) is 0 Å². The van der Waals surface area contributed by atoms with Crippen LogP contribution >= 0.6 is 0 Å². The maximum Gasteiger partial charge on any atom is 0.418 e. The number of carbonyl (C=O) groups excluding carboxylic acids is 3. The molecule has 158 valence electrons. The normalized spacial score (nSPS) is 27.1. The van der Waals surface area contributed by atoms with Crippen LogP contribution in [0.25, 0.3) is 0 Å². The van der Waals surface area contributed by atoms with Crippen molar-refractivity contribution >= 4 is 23.7 Å². The SMILES string of the molecule is CC(C)[C@@H](N)C(=O)OC[C@H]1O[C@@H](n2ccc(NO)nc2=O)[C@@H]2OC(=O)C(=O)O[C@@H]21. The van der Waals surface area contributed by atoms with Gasteiger partial charge in [-0.3, -0.25) is 20.0 Å². The summed E-state index contributed by atoms with van der Waals surface area (Å²) in [6, 6.07) is 0.408. The summed E-state index contributed by atoms with van der Waals surface area (Å²) in [5.41, 5.74) is 6.63. The highest BCUT2D eigenvalue weighted by Crippen LogP contribution is 2.35. The van der Waals surface area contributed by atoms with Crippen LogP contribution in [0.3, 0.4) is 0 Å². The smallest absolute Gasteiger partial charge is 0.418 e. The van der Waals surface area contributed by atoms with Gasteiger partial charge < -0.3 is 24.7 Å². The molecule has 4 N–H and O–H groups in total. The lowest BCUT2D eigenvalue weighted by molar-refractivity contribution is -0.195. The van der Waals surface area contributed by atoms with Crippen molar-refractivity contribution in [2.24, 2.45) is 11.7 Å². The van der Waals surface area contributed by atoms with Crippen LogP contribution < -0.4 is 16.9 Å². The zero-order valence-corrected chi connectivity index (χ0v) is 15.5. The Morgan fingerprint density at radius 2 is 1.97 bits per heavy atom. The van der Waals surface area contributed by atoms with Gasteiger partial charge in [-0.2, -0.15) is 4.98 Å². The average molecular weight is 412 g/mol. The van der Waals surface area contributed by atoms with E-state index in [-0.39, 0.29) is 18.3 Å². The lowest BCUT2D eigenvalue weighted by Gasteiger charge is -2.28. The number of ether oxygens (including phenoxy) is 4. The van der Waals surface area contributed by atoms with Crippen molar-refractivity contribution in [3.63, 3.8) is 0 Å². The molecule has 0 radical (unpaired) electrons. The molecule has 2 saturated heterocycles. The lowest BCUT2D eigenvalue weighted by Crippen LogP contribution is -2.49. The van der Waals surface area contributed by atoms with Crippen molar-refractivity contribution in [3.8, 4) is 0 Å². The maximum absolute atomic E-state index is 12.2. The van der Waals surface area contributed by atoms with Crippen molar-refractivity contribution in [1.29, 1.82) is 0 Å². The van der Waals surface area contributed by atoms with E-state index in [2.05, 4.69) is 4.98 Å². The minimum atomic E-state index is -1.24. The third-order valence-corrected chi connectivity index (χ3v) is 4.54. The van der Waals surface area contributed by atoms with Crippen LogP contribution in [0.4, 0.5) is 5.82 Å². The molecule has 5 atom stereocenters. The predicted molar refractivity (Wildman–Crippen MR) is 91.3 cm³/mol. The highest BCUT2D eigenvalue weighted by atomic mass is 16.7. The molecule has 13 heteroatoms. The Kier molecular flexibility index (Phi) is 5.81. The standard InChI is InChI=1S/C16H20N4O9/c1-6(2)9(17)13(21)26-5-7-10-11(29-15(23)14(22)28-10)12(27-7)20-4-3-8(19-25)18-16(20)24/h3-4,6-7,9-12,25H,5,17H2,1-2H3,(H,18,19,24)/t7-,9-,10-,11-,12-/m1/s1. The maximum atomic E-state index is 12.2. The monoisotopic (exact) mass is 412 g/mol. The molecular weight excluding hydrogens is 392 g/mol. The Hall–Kier alpha value is -3.03. The van der Waals surface area contributed by atoms with Crippen LogP contribution in [0.5, 0.6) is 0 Å². The Labute approximate surface area is 163 Å². The van der Waals surface area contributed by atoms with Crippen molar-refractivity contribution in [2.75, 3.05) is 12.1 Å². The van der Waals surface area contributed by atoms with Crippen LogP contribution in [-0.4, -0.2) is 63.6 Å². The third-order valence-electron chi connectivity index (χ3n) is 4.54. The zero-order chi connectivity index (χ0) is 21.3. The summed E-state index contributed by atoms with van der Waals surface area (Å²) >= 11 is 0. The molecule has 2 aliphatic rings. The molecule has 1 aromatic rings. The van der Waals surface area contributed by atoms with Crippen molar-refractivity contribution < 1.29 is 38.5 Å². The number of aromatic nitrogens is 2. The van der Waals surface area contributed by atoms with Crippen LogP contribution in [-0.2, 0) is 33.3 Å². The molecule has 0 saturated carbocycles. The van der Waals surface area contributed by atoms with Gasteiger partial charge in [0.1, 0.15) is 18.8 Å². The predicted octanol–water partition coefficient (Wildman–Crippen LogP) is -1.69. The first-order chi connectivity index (χ1) is 13.7. The van der Waals surface area contributed by atoms with E-state index in [9.17, 15) is 19.2 Å². The van der Waals surface area contributed by atoms with Gasteiger partial charge in [-0.05, 0) is 12.0 Å². The number of hydrogen-bond acceptors (Lipinski definition) is 12.